The maximum Gasteiger partial charge on any atom is 0.157 e. The summed E-state index contributed by atoms with van der Waals surface area (Å²) >= 11 is 1.44. The van der Waals surface area contributed by atoms with E-state index in [1.54, 1.807) is 12.3 Å². The molecule has 0 saturated carbocycles. The Morgan fingerprint density at radius 3 is 2.88 bits per heavy atom. The lowest BCUT2D eigenvalue weighted by Gasteiger charge is -1.72. The van der Waals surface area contributed by atoms with Crippen LogP contribution in [0.5, 0.6) is 0 Å². The Balaban J connectivity index is 3.00. The van der Waals surface area contributed by atoms with Gasteiger partial charge in [-0.15, -0.1) is 11.3 Å². The van der Waals surface area contributed by atoms with Crippen molar-refractivity contribution in [3.05, 3.63) is 17.7 Å². The maximum absolute atomic E-state index is 5.31. The highest BCUT2D eigenvalue weighted by atomic mass is 32.1. The largest absolute Gasteiger partial charge is 0.261 e. The summed E-state index contributed by atoms with van der Waals surface area (Å²) in [5.74, 6) is 0. The molecule has 1 nitrogen and oxygen atoms in total. The summed E-state index contributed by atoms with van der Waals surface area (Å²) in [4.78, 5) is 5.43. The van der Waals surface area contributed by atoms with Crippen molar-refractivity contribution in [1.29, 1.82) is 0 Å². The van der Waals surface area contributed by atoms with Gasteiger partial charge in [-0.2, -0.15) is 0 Å². The minimum absolute atomic E-state index is 0.597. The van der Waals surface area contributed by atoms with E-state index in [0.717, 1.165) is 4.88 Å². The average molecular weight is 121 g/mol. The van der Waals surface area contributed by atoms with Crippen molar-refractivity contribution in [2.75, 3.05) is 0 Å². The molecule has 0 saturated heterocycles. The Morgan fingerprint density at radius 1 is 1.88 bits per heavy atom. The van der Waals surface area contributed by atoms with Gasteiger partial charge in [0.1, 0.15) is 0 Å². The van der Waals surface area contributed by atoms with E-state index in [0.29, 0.717) is 4.91 Å². The second-order valence-corrected chi connectivity index (χ2v) is 2.40. The van der Waals surface area contributed by atoms with E-state index in [2.05, 4.69) is 11.6 Å². The van der Waals surface area contributed by atoms with Crippen LogP contribution in [0.15, 0.2) is 12.8 Å². The first-order chi connectivity index (χ1) is 3.83. The van der Waals surface area contributed by atoms with Crippen LogP contribution in [0.4, 0.5) is 0 Å². The van der Waals surface area contributed by atoms with Gasteiger partial charge in [0.25, 0.3) is 0 Å². The van der Waals surface area contributed by atoms with Gasteiger partial charge < -0.3 is 0 Å². The van der Waals surface area contributed by atoms with E-state index in [1.165, 1.54) is 11.3 Å². The van der Waals surface area contributed by atoms with E-state index in [-0.39, 0.29) is 0 Å². The summed E-state index contributed by atoms with van der Waals surface area (Å²) in [6.45, 7) is 3.56. The van der Waals surface area contributed by atoms with E-state index in [9.17, 15) is 0 Å². The fourth-order valence-corrected chi connectivity index (χ4v) is 0.931. The van der Waals surface area contributed by atoms with Crippen LogP contribution >= 0.6 is 11.3 Å². The topological polar surface area (TPSA) is 12.9 Å². The monoisotopic (exact) mass is 121 g/mol. The Bertz CT molecular complexity index is 194. The third-order valence-electron chi connectivity index (χ3n) is 0.743. The third-order valence-corrected chi connectivity index (χ3v) is 1.56. The van der Waals surface area contributed by atoms with Crippen molar-refractivity contribution in [2.45, 2.75) is 0 Å². The van der Waals surface area contributed by atoms with Crippen LogP contribution in [-0.4, -0.2) is 12.8 Å². The van der Waals surface area contributed by atoms with Crippen LogP contribution < -0.4 is 4.91 Å². The molecule has 0 atom stereocenters. The van der Waals surface area contributed by atoms with Crippen LogP contribution in [-0.2, 0) is 0 Å². The summed E-state index contributed by atoms with van der Waals surface area (Å²) in [6.07, 6.45) is 3.43. The van der Waals surface area contributed by atoms with Crippen molar-refractivity contribution in [3.63, 3.8) is 0 Å². The maximum atomic E-state index is 5.31. The predicted octanol–water partition coefficient (Wildman–Crippen LogP) is 0.580. The smallest absolute Gasteiger partial charge is 0.157 e. The molecule has 8 heavy (non-hydrogen) atoms. The van der Waals surface area contributed by atoms with Gasteiger partial charge in [0.05, 0.1) is 0 Å². The average Bonchev–Trinajstić information content (AvgIpc) is 2.14. The molecule has 0 aliphatic carbocycles. The molecule has 0 unspecified atom stereocenters. The molecule has 0 bridgehead atoms. The number of thiazole rings is 1. The van der Waals surface area contributed by atoms with Gasteiger partial charge in [-0.25, -0.2) is 0 Å². The van der Waals surface area contributed by atoms with Gasteiger partial charge in [0.15, 0.2) is 7.85 Å². The Kier molecular flexibility index (Phi) is 1.49. The molecule has 1 heterocycles. The highest BCUT2D eigenvalue weighted by Crippen LogP contribution is 2.02. The summed E-state index contributed by atoms with van der Waals surface area (Å²) in [5, 5.41) is 0. The van der Waals surface area contributed by atoms with Crippen LogP contribution in [0.25, 0.3) is 6.08 Å². The number of hydrogen-bond acceptors (Lipinski definition) is 2. The van der Waals surface area contributed by atoms with Gasteiger partial charge >= 0.3 is 0 Å². The minimum Gasteiger partial charge on any atom is -0.261 e. The lowest BCUT2D eigenvalue weighted by atomic mass is 10.2. The van der Waals surface area contributed by atoms with Crippen molar-refractivity contribution in [2.24, 2.45) is 0 Å². The molecule has 0 aromatic carbocycles. The second kappa shape index (κ2) is 2.14. The van der Waals surface area contributed by atoms with Crippen molar-refractivity contribution in [1.82, 2.24) is 4.98 Å². The molecule has 2 radical (unpaired) electrons. The van der Waals surface area contributed by atoms with E-state index >= 15 is 0 Å². The first kappa shape index (κ1) is 5.57. The Morgan fingerprint density at radius 2 is 2.62 bits per heavy atom. The lowest BCUT2D eigenvalue weighted by Crippen LogP contribution is -1.95. The molecule has 0 fully saturated rings. The van der Waals surface area contributed by atoms with E-state index < -0.39 is 0 Å². The highest BCUT2D eigenvalue weighted by molar-refractivity contribution is 7.20. The summed E-state index contributed by atoms with van der Waals surface area (Å²) in [5.41, 5.74) is 0. The van der Waals surface area contributed by atoms with E-state index in [4.69, 9.17) is 7.85 Å². The van der Waals surface area contributed by atoms with Gasteiger partial charge in [0, 0.05) is 16.0 Å². The number of aromatic nitrogens is 1. The Hall–Kier alpha value is -0.565. The third kappa shape index (κ3) is 0.982. The lowest BCUT2D eigenvalue weighted by molar-refractivity contribution is 1.47. The van der Waals surface area contributed by atoms with Crippen LogP contribution in [0, 0.1) is 0 Å². The van der Waals surface area contributed by atoms with E-state index in [1.807, 2.05) is 0 Å². The van der Waals surface area contributed by atoms with Crippen LogP contribution in [0.3, 0.4) is 0 Å². The Labute approximate surface area is 53.5 Å². The molecule has 3 heteroatoms. The quantitative estimate of drug-likeness (QED) is 0.495. The first-order valence-corrected chi connectivity index (χ1v) is 2.98. The van der Waals surface area contributed by atoms with Crippen molar-refractivity contribution < 1.29 is 0 Å². The summed E-state index contributed by atoms with van der Waals surface area (Å²) in [7, 11) is 5.31. The summed E-state index contributed by atoms with van der Waals surface area (Å²) < 4.78 is 0. The predicted molar refractivity (Wildman–Crippen MR) is 37.6 cm³/mol. The zero-order valence-electron chi connectivity index (χ0n) is 4.29. The standard InChI is InChI=1S/C5H4BNS/c1-2-4-3-7-5(6)8-4/h2-3H,1H2. The first-order valence-electron chi connectivity index (χ1n) is 2.16. The molecule has 1 aromatic heterocycles. The summed E-state index contributed by atoms with van der Waals surface area (Å²) in [6, 6.07) is 0. The van der Waals surface area contributed by atoms with Gasteiger partial charge in [-0.1, -0.05) is 12.7 Å². The fraction of sp³-hybridized carbons (Fsp3) is 0. The molecular weight excluding hydrogens is 117 g/mol. The van der Waals surface area contributed by atoms with Gasteiger partial charge in [-0.05, 0) is 0 Å². The number of rotatable bonds is 1. The zero-order valence-corrected chi connectivity index (χ0v) is 5.11. The molecule has 0 aliphatic rings. The normalized spacial score (nSPS) is 9.00. The molecule has 1 aromatic rings. The molecular formula is C5H4BNS. The van der Waals surface area contributed by atoms with Crippen molar-refractivity contribution in [3.8, 4) is 0 Å². The molecule has 0 spiro atoms. The molecule has 0 amide bonds. The minimum atomic E-state index is 0.597. The molecule has 0 aliphatic heterocycles. The van der Waals surface area contributed by atoms with Gasteiger partial charge in [0.2, 0.25) is 0 Å². The highest BCUT2D eigenvalue weighted by Gasteiger charge is 1.88. The van der Waals surface area contributed by atoms with Crippen LogP contribution in [0.1, 0.15) is 4.88 Å². The molecule has 38 valence electrons. The number of nitrogens with zero attached hydrogens (tertiary/aromatic N) is 1. The zero-order chi connectivity index (χ0) is 5.98. The van der Waals surface area contributed by atoms with Gasteiger partial charge in [-0.3, -0.25) is 4.98 Å². The second-order valence-electron chi connectivity index (χ2n) is 1.30. The SMILES string of the molecule is [B]c1ncc(C=C)s1. The van der Waals surface area contributed by atoms with Crippen molar-refractivity contribution >= 4 is 30.2 Å². The fourth-order valence-electron chi connectivity index (χ4n) is 0.395. The molecule has 1 rings (SSSR count). The number of hydrogen-bond donors (Lipinski definition) is 0. The molecule has 0 N–H and O–H groups in total. The van der Waals surface area contributed by atoms with Crippen LogP contribution in [0.2, 0.25) is 0 Å².